The van der Waals surface area contributed by atoms with Crippen LogP contribution in [0.15, 0.2) is 36.4 Å². The zero-order valence-electron chi connectivity index (χ0n) is 9.57. The average Bonchev–Trinajstić information content (AvgIpc) is 2.21. The van der Waals surface area contributed by atoms with Crippen LogP contribution in [-0.2, 0) is 9.53 Å². The van der Waals surface area contributed by atoms with E-state index >= 15 is 0 Å². The molecular formula is C11H11F5O2S. The molecule has 0 aliphatic heterocycles. The molecule has 1 aromatic carbocycles. The molecule has 2 nitrogen and oxygen atoms in total. The van der Waals surface area contributed by atoms with Crippen molar-refractivity contribution in [2.75, 3.05) is 12.4 Å². The summed E-state index contributed by atoms with van der Waals surface area (Å²) in [5.74, 6) is -4.82. The van der Waals surface area contributed by atoms with Crippen molar-refractivity contribution in [2.24, 2.45) is 0 Å². The van der Waals surface area contributed by atoms with Gasteiger partial charge >= 0.3 is 5.97 Å². The SMILES string of the molecule is O=C(CS(F)(F)(F)(F)F)OC/C=C/c1ccccc1. The minimum absolute atomic E-state index is 0.498. The van der Waals surface area contributed by atoms with E-state index in [4.69, 9.17) is 0 Å². The van der Waals surface area contributed by atoms with Crippen LogP contribution in [0.1, 0.15) is 5.56 Å². The highest BCUT2D eigenvalue weighted by molar-refractivity contribution is 8.46. The Hall–Kier alpha value is -1.57. The Kier molecular flexibility index (Phi) is 3.68. The van der Waals surface area contributed by atoms with E-state index in [1.807, 2.05) is 0 Å². The fourth-order valence-corrected chi connectivity index (χ4v) is 1.68. The molecule has 0 unspecified atom stereocenters. The van der Waals surface area contributed by atoms with Gasteiger partial charge in [-0.25, -0.2) is 0 Å². The fraction of sp³-hybridized carbons (Fsp3) is 0.182. The van der Waals surface area contributed by atoms with Crippen LogP contribution in [0.2, 0.25) is 0 Å². The molecule has 0 bridgehead atoms. The van der Waals surface area contributed by atoms with Crippen LogP contribution in [0.4, 0.5) is 19.4 Å². The molecule has 0 aliphatic rings. The van der Waals surface area contributed by atoms with Crippen LogP contribution in [0.25, 0.3) is 6.08 Å². The summed E-state index contributed by atoms with van der Waals surface area (Å²) in [4.78, 5) is 10.7. The summed E-state index contributed by atoms with van der Waals surface area (Å²) in [6.07, 6.45) is 2.76. The van der Waals surface area contributed by atoms with E-state index in [1.165, 1.54) is 12.2 Å². The first kappa shape index (κ1) is 15.5. The first-order valence-corrected chi connectivity index (χ1v) is 7.17. The fourth-order valence-electron chi connectivity index (χ4n) is 1.15. The highest BCUT2D eigenvalue weighted by Gasteiger charge is 2.65. The largest absolute Gasteiger partial charge is 0.461 e. The molecule has 108 valence electrons. The van der Waals surface area contributed by atoms with E-state index in [-0.39, 0.29) is 0 Å². The second kappa shape index (κ2) is 4.52. The number of rotatable bonds is 5. The first-order chi connectivity index (χ1) is 8.45. The lowest BCUT2D eigenvalue weighted by Gasteiger charge is -2.38. The van der Waals surface area contributed by atoms with Crippen LogP contribution in [0.3, 0.4) is 0 Å². The predicted molar refractivity (Wildman–Crippen MR) is 64.4 cm³/mol. The molecule has 0 N–H and O–H groups in total. The average molecular weight is 302 g/mol. The van der Waals surface area contributed by atoms with Gasteiger partial charge in [-0.3, -0.25) is 4.79 Å². The van der Waals surface area contributed by atoms with Crippen molar-refractivity contribution in [3.05, 3.63) is 42.0 Å². The summed E-state index contributed by atoms with van der Waals surface area (Å²) >= 11 is 0. The lowest BCUT2D eigenvalue weighted by atomic mass is 10.2. The van der Waals surface area contributed by atoms with Gasteiger partial charge in [0.1, 0.15) is 6.61 Å². The summed E-state index contributed by atoms with van der Waals surface area (Å²) < 4.78 is 63.7. The summed E-state index contributed by atoms with van der Waals surface area (Å²) in [7, 11) is -9.74. The molecule has 19 heavy (non-hydrogen) atoms. The number of halogens is 5. The van der Waals surface area contributed by atoms with Crippen LogP contribution < -0.4 is 0 Å². The lowest BCUT2D eigenvalue weighted by molar-refractivity contribution is -0.139. The van der Waals surface area contributed by atoms with Crippen molar-refractivity contribution in [1.82, 2.24) is 0 Å². The molecule has 0 spiro atoms. The van der Waals surface area contributed by atoms with Gasteiger partial charge in [-0.2, -0.15) is 0 Å². The second-order valence-electron chi connectivity index (χ2n) is 3.77. The van der Waals surface area contributed by atoms with Crippen molar-refractivity contribution in [2.45, 2.75) is 0 Å². The first-order valence-electron chi connectivity index (χ1n) is 5.05. The quantitative estimate of drug-likeness (QED) is 0.589. The monoisotopic (exact) mass is 302 g/mol. The third kappa shape index (κ3) is 8.20. The van der Waals surface area contributed by atoms with Crippen LogP contribution in [0.5, 0.6) is 0 Å². The molecule has 0 saturated carbocycles. The molecule has 1 aromatic rings. The van der Waals surface area contributed by atoms with Gasteiger partial charge in [0, 0.05) is 0 Å². The second-order valence-corrected chi connectivity index (χ2v) is 6.32. The van der Waals surface area contributed by atoms with Gasteiger partial charge in [-0.05, 0) is 11.6 Å². The minimum atomic E-state index is -9.74. The van der Waals surface area contributed by atoms with Crippen molar-refractivity contribution < 1.29 is 29.0 Å². The molecular weight excluding hydrogens is 291 g/mol. The number of carbonyl (C=O) groups excluding carboxylic acids is 1. The Bertz CT molecular complexity index is 480. The molecule has 1 rings (SSSR count). The molecule has 0 radical (unpaired) electrons. The van der Waals surface area contributed by atoms with Crippen molar-refractivity contribution in [3.8, 4) is 0 Å². The number of carbonyl (C=O) groups is 1. The molecule has 0 aliphatic carbocycles. The smallest absolute Gasteiger partial charge is 0.325 e. The Morgan fingerprint density at radius 3 is 2.21 bits per heavy atom. The highest BCUT2D eigenvalue weighted by atomic mass is 32.5. The Morgan fingerprint density at radius 2 is 1.68 bits per heavy atom. The van der Waals surface area contributed by atoms with E-state index < -0.39 is 28.6 Å². The third-order valence-corrected chi connectivity index (χ3v) is 2.62. The number of benzene rings is 1. The summed E-state index contributed by atoms with van der Waals surface area (Å²) in [5.41, 5.74) is 0.742. The number of esters is 1. The van der Waals surface area contributed by atoms with Gasteiger partial charge in [-0.1, -0.05) is 55.8 Å². The zero-order valence-corrected chi connectivity index (χ0v) is 10.4. The van der Waals surface area contributed by atoms with Crippen LogP contribution in [-0.4, -0.2) is 18.3 Å². The van der Waals surface area contributed by atoms with Gasteiger partial charge in [0.2, 0.25) is 0 Å². The number of hydrogen-bond donors (Lipinski definition) is 0. The van der Waals surface area contributed by atoms with Crippen molar-refractivity contribution in [1.29, 1.82) is 0 Å². The van der Waals surface area contributed by atoms with E-state index in [9.17, 15) is 24.2 Å². The van der Waals surface area contributed by atoms with Gasteiger partial charge in [0.05, 0.1) is 0 Å². The Morgan fingerprint density at radius 1 is 1.11 bits per heavy atom. The minimum Gasteiger partial charge on any atom is -0.461 e. The zero-order chi connectivity index (χ0) is 14.6. The van der Waals surface area contributed by atoms with Crippen molar-refractivity contribution in [3.63, 3.8) is 0 Å². The van der Waals surface area contributed by atoms with Crippen molar-refractivity contribution >= 4 is 22.3 Å². The maximum Gasteiger partial charge on any atom is 0.325 e. The van der Waals surface area contributed by atoms with E-state index in [0.29, 0.717) is 0 Å². The topological polar surface area (TPSA) is 26.3 Å². The summed E-state index contributed by atoms with van der Waals surface area (Å²) in [6.45, 7) is -0.498. The lowest BCUT2D eigenvalue weighted by Crippen LogP contribution is -2.21. The maximum atomic E-state index is 11.9. The summed E-state index contributed by atoms with van der Waals surface area (Å²) in [6, 6.07) is 8.67. The van der Waals surface area contributed by atoms with Gasteiger partial charge in [0.25, 0.3) is 10.2 Å². The Balaban J connectivity index is 2.43. The molecule has 0 saturated heterocycles. The molecule has 8 heteroatoms. The normalized spacial score (nSPS) is 15.8. The predicted octanol–water partition coefficient (Wildman–Crippen LogP) is 4.54. The maximum absolute atomic E-state index is 11.9. The molecule has 0 amide bonds. The van der Waals surface area contributed by atoms with E-state index in [0.717, 1.165) is 5.56 Å². The van der Waals surface area contributed by atoms with Crippen LogP contribution >= 0.6 is 10.2 Å². The number of hydrogen-bond acceptors (Lipinski definition) is 2. The highest BCUT2D eigenvalue weighted by Crippen LogP contribution is 2.97. The summed E-state index contributed by atoms with van der Waals surface area (Å²) in [5, 5.41) is 0. The van der Waals surface area contributed by atoms with Gasteiger partial charge in [0.15, 0.2) is 5.75 Å². The van der Waals surface area contributed by atoms with E-state index in [1.54, 1.807) is 30.3 Å². The standard InChI is InChI=1S/C11H11F5O2S/c12-19(13,14,15,16)9-11(17)18-8-4-7-10-5-2-1-3-6-10/h1-7H,8-9H2/b7-4+. The Labute approximate surface area is 106 Å². The third-order valence-electron chi connectivity index (χ3n) is 1.84. The van der Waals surface area contributed by atoms with Crippen LogP contribution in [0, 0.1) is 0 Å². The van der Waals surface area contributed by atoms with Gasteiger partial charge < -0.3 is 4.74 Å². The molecule has 0 aromatic heterocycles. The molecule has 0 atom stereocenters. The number of ether oxygens (including phenoxy) is 1. The molecule has 0 fully saturated rings. The van der Waals surface area contributed by atoms with E-state index in [2.05, 4.69) is 4.74 Å². The molecule has 0 heterocycles. The van der Waals surface area contributed by atoms with Gasteiger partial charge in [-0.15, -0.1) is 0 Å².